The number of hydrogen-bond acceptors (Lipinski definition) is 3. The van der Waals surface area contributed by atoms with Gasteiger partial charge in [0.1, 0.15) is 11.6 Å². The number of benzene rings is 2. The Morgan fingerprint density at radius 2 is 1.72 bits per heavy atom. The Balaban J connectivity index is 1.47. The van der Waals surface area contributed by atoms with E-state index >= 15 is 0 Å². The molecule has 0 unspecified atom stereocenters. The number of primary amides is 1. The molecule has 0 radical (unpaired) electrons. The molecule has 2 aromatic heterocycles. The SMILES string of the molecule is CC(C)[C@H](NC(=O)[C@@]1(NC(=O)Cc2c[nH]c3ccccc23)CCc2[nH]c3ccccc3c2C1)C(N)=O. The number of para-hydroxylation sites is 2. The average Bonchev–Trinajstić information content (AvgIpc) is 3.43. The molecule has 3 amide bonds. The Hall–Kier alpha value is -4.07. The van der Waals surface area contributed by atoms with Crippen molar-refractivity contribution in [2.24, 2.45) is 11.7 Å². The number of nitrogens with one attached hydrogen (secondary N) is 4. The van der Waals surface area contributed by atoms with Crippen molar-refractivity contribution in [3.8, 4) is 0 Å². The summed E-state index contributed by atoms with van der Waals surface area (Å²) in [6.07, 6.45) is 3.28. The minimum atomic E-state index is -1.20. The molecule has 0 fully saturated rings. The van der Waals surface area contributed by atoms with E-state index in [9.17, 15) is 14.4 Å². The summed E-state index contributed by atoms with van der Waals surface area (Å²) in [5.74, 6) is -1.42. The summed E-state index contributed by atoms with van der Waals surface area (Å²) in [5.41, 5.74) is 9.28. The lowest BCUT2D eigenvalue weighted by Crippen LogP contribution is -2.64. The minimum absolute atomic E-state index is 0.128. The van der Waals surface area contributed by atoms with Gasteiger partial charge in [-0.15, -0.1) is 0 Å². The summed E-state index contributed by atoms with van der Waals surface area (Å²) >= 11 is 0. The molecule has 8 heteroatoms. The molecule has 2 atom stereocenters. The number of H-pyrrole nitrogens is 2. The second-order valence-corrected chi connectivity index (χ2v) is 10.1. The highest BCUT2D eigenvalue weighted by Gasteiger charge is 2.45. The number of nitrogens with two attached hydrogens (primary N) is 1. The topological polar surface area (TPSA) is 133 Å². The van der Waals surface area contributed by atoms with Crippen LogP contribution in [0.4, 0.5) is 0 Å². The number of aromatic nitrogens is 2. The normalized spacial score (nSPS) is 18.2. The maximum absolute atomic E-state index is 13.8. The van der Waals surface area contributed by atoms with E-state index in [2.05, 4.69) is 20.6 Å². The first kappa shape index (κ1) is 23.7. The average molecular weight is 486 g/mol. The van der Waals surface area contributed by atoms with Gasteiger partial charge in [0, 0.05) is 40.1 Å². The van der Waals surface area contributed by atoms with Crippen molar-refractivity contribution in [2.75, 3.05) is 0 Å². The van der Waals surface area contributed by atoms with Crippen LogP contribution in [0.15, 0.2) is 54.7 Å². The lowest BCUT2D eigenvalue weighted by Gasteiger charge is -2.38. The third kappa shape index (κ3) is 4.23. The smallest absolute Gasteiger partial charge is 0.246 e. The predicted molar refractivity (Wildman–Crippen MR) is 139 cm³/mol. The van der Waals surface area contributed by atoms with Gasteiger partial charge in [0.25, 0.3) is 0 Å². The highest BCUT2D eigenvalue weighted by molar-refractivity contribution is 5.97. The summed E-state index contributed by atoms with van der Waals surface area (Å²) in [6.45, 7) is 3.66. The molecule has 2 heterocycles. The minimum Gasteiger partial charge on any atom is -0.368 e. The van der Waals surface area contributed by atoms with Crippen LogP contribution in [0.25, 0.3) is 21.8 Å². The summed E-state index contributed by atoms with van der Waals surface area (Å²) in [6, 6.07) is 14.9. The van der Waals surface area contributed by atoms with Crippen LogP contribution in [-0.2, 0) is 33.6 Å². The molecular formula is C28H31N5O3. The lowest BCUT2D eigenvalue weighted by molar-refractivity contribution is -0.136. The maximum atomic E-state index is 13.8. The first-order valence-electron chi connectivity index (χ1n) is 12.3. The highest BCUT2D eigenvalue weighted by atomic mass is 16.2. The molecule has 6 N–H and O–H groups in total. The van der Waals surface area contributed by atoms with Gasteiger partial charge in [0.05, 0.1) is 6.42 Å². The quantitative estimate of drug-likeness (QED) is 0.276. The molecule has 1 aliphatic rings. The molecule has 2 aromatic carbocycles. The van der Waals surface area contributed by atoms with Gasteiger partial charge in [-0.2, -0.15) is 0 Å². The third-order valence-corrected chi connectivity index (χ3v) is 7.28. The molecule has 8 nitrogen and oxygen atoms in total. The standard InChI is InChI=1S/C28H31N5O3/c1-16(2)25(26(29)35)32-27(36)28(12-11-23-20(14-28)19-8-4-6-10-22(19)31-23)33-24(34)13-17-15-30-21-9-5-3-7-18(17)21/h3-10,15-16,25,30-31H,11-14H2,1-2H3,(H2,29,35)(H,32,36)(H,33,34)/t25-,28+/m0/s1. The van der Waals surface area contributed by atoms with Crippen molar-refractivity contribution in [1.29, 1.82) is 0 Å². The van der Waals surface area contributed by atoms with Gasteiger partial charge in [-0.3, -0.25) is 14.4 Å². The summed E-state index contributed by atoms with van der Waals surface area (Å²) in [7, 11) is 0. The molecule has 36 heavy (non-hydrogen) atoms. The van der Waals surface area contributed by atoms with Crippen LogP contribution in [0.5, 0.6) is 0 Å². The predicted octanol–water partition coefficient (Wildman–Crippen LogP) is 2.86. The van der Waals surface area contributed by atoms with Crippen LogP contribution in [0, 0.1) is 5.92 Å². The van der Waals surface area contributed by atoms with E-state index in [-0.39, 0.29) is 24.2 Å². The first-order chi connectivity index (χ1) is 17.3. The van der Waals surface area contributed by atoms with E-state index in [1.807, 2.05) is 68.6 Å². The number of carbonyl (C=O) groups is 3. The van der Waals surface area contributed by atoms with Crippen LogP contribution in [0.3, 0.4) is 0 Å². The van der Waals surface area contributed by atoms with Crippen LogP contribution >= 0.6 is 0 Å². The molecule has 0 aliphatic heterocycles. The van der Waals surface area contributed by atoms with Crippen molar-refractivity contribution in [3.05, 3.63) is 71.5 Å². The lowest BCUT2D eigenvalue weighted by atomic mass is 9.78. The fourth-order valence-corrected chi connectivity index (χ4v) is 5.36. The summed E-state index contributed by atoms with van der Waals surface area (Å²) < 4.78 is 0. The Morgan fingerprint density at radius 1 is 1.03 bits per heavy atom. The third-order valence-electron chi connectivity index (χ3n) is 7.28. The van der Waals surface area contributed by atoms with Gasteiger partial charge >= 0.3 is 0 Å². The largest absolute Gasteiger partial charge is 0.368 e. The molecule has 4 aromatic rings. The van der Waals surface area contributed by atoms with Crippen molar-refractivity contribution >= 4 is 39.5 Å². The number of aryl methyl sites for hydroxylation is 1. The van der Waals surface area contributed by atoms with E-state index in [1.165, 1.54) is 0 Å². The van der Waals surface area contributed by atoms with Crippen LogP contribution in [0.1, 0.15) is 37.1 Å². The Labute approximate surface area is 209 Å². The van der Waals surface area contributed by atoms with Crippen LogP contribution in [0.2, 0.25) is 0 Å². The molecule has 1 aliphatic carbocycles. The molecular weight excluding hydrogens is 454 g/mol. The molecule has 0 saturated carbocycles. The summed E-state index contributed by atoms with van der Waals surface area (Å²) in [4.78, 5) is 45.9. The molecule has 0 saturated heterocycles. The van der Waals surface area contributed by atoms with Gasteiger partial charge in [-0.25, -0.2) is 0 Å². The van der Waals surface area contributed by atoms with Gasteiger partial charge < -0.3 is 26.3 Å². The van der Waals surface area contributed by atoms with Gasteiger partial charge in [-0.05, 0) is 42.0 Å². The second kappa shape index (κ2) is 9.18. The number of hydrogen-bond donors (Lipinski definition) is 5. The van der Waals surface area contributed by atoms with Crippen molar-refractivity contribution < 1.29 is 14.4 Å². The van der Waals surface area contributed by atoms with Gasteiger partial charge in [0.2, 0.25) is 17.7 Å². The van der Waals surface area contributed by atoms with Crippen LogP contribution in [-0.4, -0.2) is 39.3 Å². The zero-order chi connectivity index (χ0) is 25.4. The number of carbonyl (C=O) groups excluding carboxylic acids is 3. The maximum Gasteiger partial charge on any atom is 0.246 e. The number of fused-ring (bicyclic) bond motifs is 4. The number of amides is 3. The van der Waals surface area contributed by atoms with E-state index in [1.54, 1.807) is 0 Å². The zero-order valence-corrected chi connectivity index (χ0v) is 20.5. The van der Waals surface area contributed by atoms with E-state index in [0.29, 0.717) is 19.3 Å². The van der Waals surface area contributed by atoms with Gasteiger partial charge in [0.15, 0.2) is 0 Å². The van der Waals surface area contributed by atoms with Crippen molar-refractivity contribution in [1.82, 2.24) is 20.6 Å². The fraction of sp³-hybridized carbons (Fsp3) is 0.321. The first-order valence-corrected chi connectivity index (χ1v) is 12.3. The molecule has 0 spiro atoms. The fourth-order valence-electron chi connectivity index (χ4n) is 5.36. The Kier molecular flexibility index (Phi) is 6.04. The van der Waals surface area contributed by atoms with E-state index in [4.69, 9.17) is 5.73 Å². The zero-order valence-electron chi connectivity index (χ0n) is 20.5. The van der Waals surface area contributed by atoms with Gasteiger partial charge in [-0.1, -0.05) is 50.2 Å². The molecule has 186 valence electrons. The number of rotatable bonds is 7. The van der Waals surface area contributed by atoms with E-state index in [0.717, 1.165) is 38.6 Å². The van der Waals surface area contributed by atoms with Crippen LogP contribution < -0.4 is 16.4 Å². The van der Waals surface area contributed by atoms with Crippen molar-refractivity contribution in [2.45, 2.75) is 51.1 Å². The molecule has 5 rings (SSSR count). The molecule has 0 bridgehead atoms. The van der Waals surface area contributed by atoms with E-state index < -0.39 is 17.5 Å². The Bertz CT molecular complexity index is 1470. The van der Waals surface area contributed by atoms with Crippen molar-refractivity contribution in [3.63, 3.8) is 0 Å². The monoisotopic (exact) mass is 485 g/mol. The highest BCUT2D eigenvalue weighted by Crippen LogP contribution is 2.34. The summed E-state index contributed by atoms with van der Waals surface area (Å²) in [5, 5.41) is 7.94. The number of aromatic amines is 2. The second-order valence-electron chi connectivity index (χ2n) is 10.1. The Morgan fingerprint density at radius 3 is 2.44 bits per heavy atom.